The lowest BCUT2D eigenvalue weighted by Gasteiger charge is -2.29. The van der Waals surface area contributed by atoms with Crippen molar-refractivity contribution in [3.8, 4) is 0 Å². The summed E-state index contributed by atoms with van der Waals surface area (Å²) in [5.41, 5.74) is 10.7. The van der Waals surface area contributed by atoms with Crippen molar-refractivity contribution in [3.05, 3.63) is 46.8 Å². The number of nitrogens with zero attached hydrogens (tertiary/aromatic N) is 3. The molecule has 5 heteroatoms. The number of aryl methyl sites for hydroxylation is 2. The fourth-order valence-corrected chi connectivity index (χ4v) is 2.84. The number of benzene rings is 1. The summed E-state index contributed by atoms with van der Waals surface area (Å²) < 4.78 is 1.67. The van der Waals surface area contributed by atoms with Crippen molar-refractivity contribution in [2.45, 2.75) is 26.3 Å². The Labute approximate surface area is 124 Å². The van der Waals surface area contributed by atoms with E-state index in [1.807, 2.05) is 37.1 Å². The molecule has 21 heavy (non-hydrogen) atoms. The Hall–Kier alpha value is -2.30. The molecular formula is C16H20N4O. The van der Waals surface area contributed by atoms with Crippen molar-refractivity contribution in [1.82, 2.24) is 14.7 Å². The first kappa shape index (κ1) is 13.7. The summed E-state index contributed by atoms with van der Waals surface area (Å²) in [6.07, 6.45) is 1.68. The van der Waals surface area contributed by atoms with E-state index in [9.17, 15) is 4.79 Å². The van der Waals surface area contributed by atoms with Crippen LogP contribution in [0.25, 0.3) is 0 Å². The Morgan fingerprint density at radius 3 is 2.95 bits per heavy atom. The minimum atomic E-state index is 0.0265. The monoisotopic (exact) mass is 284 g/mol. The zero-order chi connectivity index (χ0) is 15.0. The maximum Gasteiger partial charge on any atom is 0.272 e. The van der Waals surface area contributed by atoms with Crippen LogP contribution >= 0.6 is 0 Å². The summed E-state index contributed by atoms with van der Waals surface area (Å²) in [5, 5.41) is 4.35. The molecule has 0 atom stereocenters. The molecule has 0 aliphatic carbocycles. The molecule has 1 aliphatic rings. The fourth-order valence-electron chi connectivity index (χ4n) is 2.84. The van der Waals surface area contributed by atoms with E-state index in [0.29, 0.717) is 12.2 Å². The summed E-state index contributed by atoms with van der Waals surface area (Å²) in [6, 6.07) is 7.84. The summed E-state index contributed by atoms with van der Waals surface area (Å²) in [6.45, 7) is 3.34. The van der Waals surface area contributed by atoms with Gasteiger partial charge < -0.3 is 10.6 Å². The van der Waals surface area contributed by atoms with E-state index in [-0.39, 0.29) is 5.91 Å². The van der Waals surface area contributed by atoms with Gasteiger partial charge in [0, 0.05) is 25.8 Å². The van der Waals surface area contributed by atoms with Crippen LogP contribution in [0.15, 0.2) is 24.3 Å². The number of nitrogen functional groups attached to an aromatic ring is 1. The number of carbonyl (C=O) groups excluding carboxylic acids is 1. The number of hydrogen-bond acceptors (Lipinski definition) is 3. The molecule has 0 unspecified atom stereocenters. The van der Waals surface area contributed by atoms with E-state index < -0.39 is 0 Å². The van der Waals surface area contributed by atoms with Gasteiger partial charge in [-0.05, 0) is 36.1 Å². The van der Waals surface area contributed by atoms with Gasteiger partial charge in [-0.25, -0.2) is 0 Å². The maximum atomic E-state index is 12.7. The van der Waals surface area contributed by atoms with Crippen LogP contribution in [0.3, 0.4) is 0 Å². The molecule has 3 rings (SSSR count). The summed E-state index contributed by atoms with van der Waals surface area (Å²) in [7, 11) is 1.82. The van der Waals surface area contributed by atoms with Crippen LogP contribution in [0.1, 0.15) is 34.2 Å². The number of carbonyl (C=O) groups is 1. The molecule has 1 amide bonds. The van der Waals surface area contributed by atoms with Crippen molar-refractivity contribution in [2.24, 2.45) is 7.05 Å². The molecule has 110 valence electrons. The maximum absolute atomic E-state index is 12.7. The number of amides is 1. The van der Waals surface area contributed by atoms with Gasteiger partial charge in [-0.15, -0.1) is 0 Å². The van der Waals surface area contributed by atoms with Gasteiger partial charge in [0.25, 0.3) is 5.91 Å². The number of hydrogen-bond donors (Lipinski definition) is 1. The molecule has 2 heterocycles. The Morgan fingerprint density at radius 1 is 1.43 bits per heavy atom. The first-order valence-corrected chi connectivity index (χ1v) is 7.28. The highest BCUT2D eigenvalue weighted by Crippen LogP contribution is 2.25. The molecule has 1 aromatic heterocycles. The summed E-state index contributed by atoms with van der Waals surface area (Å²) in [4.78, 5) is 14.6. The lowest BCUT2D eigenvalue weighted by Crippen LogP contribution is -2.37. The van der Waals surface area contributed by atoms with Crippen LogP contribution in [0, 0.1) is 0 Å². The van der Waals surface area contributed by atoms with E-state index in [1.165, 1.54) is 5.56 Å². The van der Waals surface area contributed by atoms with Crippen molar-refractivity contribution in [3.63, 3.8) is 0 Å². The number of aromatic nitrogens is 2. The second kappa shape index (κ2) is 5.24. The molecule has 5 nitrogen and oxygen atoms in total. The zero-order valence-corrected chi connectivity index (χ0v) is 12.5. The van der Waals surface area contributed by atoms with E-state index in [4.69, 9.17) is 5.73 Å². The van der Waals surface area contributed by atoms with Crippen LogP contribution in [0.4, 0.5) is 5.69 Å². The standard InChI is InChI=1S/C16H20N4O/c1-3-12-9-15(19(2)18-12)16(21)20-8-7-11-5-4-6-14(17)13(11)10-20/h4-6,9H,3,7-8,10,17H2,1-2H3. The third kappa shape index (κ3) is 2.39. The average molecular weight is 284 g/mol. The number of fused-ring (bicyclic) bond motifs is 1. The van der Waals surface area contributed by atoms with Crippen LogP contribution in [0.2, 0.25) is 0 Å². The molecule has 0 saturated heterocycles. The predicted molar refractivity (Wildman–Crippen MR) is 81.9 cm³/mol. The summed E-state index contributed by atoms with van der Waals surface area (Å²) >= 11 is 0. The number of rotatable bonds is 2. The van der Waals surface area contributed by atoms with Gasteiger partial charge in [0.15, 0.2) is 0 Å². The van der Waals surface area contributed by atoms with Crippen LogP contribution in [-0.4, -0.2) is 27.1 Å². The van der Waals surface area contributed by atoms with Gasteiger partial charge in [-0.1, -0.05) is 19.1 Å². The van der Waals surface area contributed by atoms with Crippen molar-refractivity contribution in [1.29, 1.82) is 0 Å². The topological polar surface area (TPSA) is 64.2 Å². The molecule has 0 saturated carbocycles. The quantitative estimate of drug-likeness (QED) is 0.855. The lowest BCUT2D eigenvalue weighted by molar-refractivity contribution is 0.0724. The molecule has 2 aromatic rings. The summed E-state index contributed by atoms with van der Waals surface area (Å²) in [5.74, 6) is 0.0265. The third-order valence-corrected chi connectivity index (χ3v) is 4.11. The molecule has 0 spiro atoms. The highest BCUT2D eigenvalue weighted by Gasteiger charge is 2.25. The van der Waals surface area contributed by atoms with Crippen molar-refractivity contribution >= 4 is 11.6 Å². The first-order valence-electron chi connectivity index (χ1n) is 7.28. The Morgan fingerprint density at radius 2 is 2.24 bits per heavy atom. The van der Waals surface area contributed by atoms with E-state index in [2.05, 4.69) is 11.2 Å². The Kier molecular flexibility index (Phi) is 3.41. The van der Waals surface area contributed by atoms with Gasteiger partial charge in [0.05, 0.1) is 5.69 Å². The van der Waals surface area contributed by atoms with E-state index >= 15 is 0 Å². The molecular weight excluding hydrogens is 264 g/mol. The number of nitrogens with two attached hydrogens (primary N) is 1. The highest BCUT2D eigenvalue weighted by atomic mass is 16.2. The van der Waals surface area contributed by atoms with Gasteiger partial charge >= 0.3 is 0 Å². The van der Waals surface area contributed by atoms with Gasteiger partial charge in [-0.2, -0.15) is 5.10 Å². The normalized spacial score (nSPS) is 14.1. The zero-order valence-electron chi connectivity index (χ0n) is 12.5. The van der Waals surface area contributed by atoms with Gasteiger partial charge in [0.2, 0.25) is 0 Å². The SMILES string of the molecule is CCc1cc(C(=O)N2CCc3cccc(N)c3C2)n(C)n1. The highest BCUT2D eigenvalue weighted by molar-refractivity contribution is 5.93. The van der Waals surface area contributed by atoms with Crippen LogP contribution in [-0.2, 0) is 26.4 Å². The first-order chi connectivity index (χ1) is 10.1. The van der Waals surface area contributed by atoms with E-state index in [0.717, 1.165) is 36.3 Å². The molecule has 1 aromatic carbocycles. The molecule has 0 fully saturated rings. The van der Waals surface area contributed by atoms with Gasteiger partial charge in [0.1, 0.15) is 5.69 Å². The third-order valence-electron chi connectivity index (χ3n) is 4.11. The fraction of sp³-hybridized carbons (Fsp3) is 0.375. The molecule has 0 bridgehead atoms. The average Bonchev–Trinajstić information content (AvgIpc) is 2.88. The smallest absolute Gasteiger partial charge is 0.272 e. The minimum Gasteiger partial charge on any atom is -0.398 e. The molecule has 1 aliphatic heterocycles. The largest absolute Gasteiger partial charge is 0.398 e. The second-order valence-corrected chi connectivity index (χ2v) is 5.46. The molecule has 2 N–H and O–H groups in total. The van der Waals surface area contributed by atoms with Crippen molar-refractivity contribution < 1.29 is 4.79 Å². The Bertz CT molecular complexity index is 690. The van der Waals surface area contributed by atoms with Crippen LogP contribution in [0.5, 0.6) is 0 Å². The number of anilines is 1. The molecule has 0 radical (unpaired) electrons. The Balaban J connectivity index is 1.87. The van der Waals surface area contributed by atoms with Crippen molar-refractivity contribution in [2.75, 3.05) is 12.3 Å². The van der Waals surface area contributed by atoms with Gasteiger partial charge in [-0.3, -0.25) is 9.48 Å². The van der Waals surface area contributed by atoms with Crippen LogP contribution < -0.4 is 5.73 Å². The van der Waals surface area contributed by atoms with E-state index in [1.54, 1.807) is 4.68 Å². The minimum absolute atomic E-state index is 0.0265. The second-order valence-electron chi connectivity index (χ2n) is 5.46. The predicted octanol–water partition coefficient (Wildman–Crippen LogP) is 1.76. The lowest BCUT2D eigenvalue weighted by atomic mass is 9.98.